The Morgan fingerprint density at radius 2 is 1.96 bits per heavy atom. The van der Waals surface area contributed by atoms with Crippen LogP contribution in [0.4, 0.5) is 5.82 Å². The first-order chi connectivity index (χ1) is 11.9. The molecule has 2 aromatic heterocycles. The normalized spacial score (nSPS) is 12.2. The van der Waals surface area contributed by atoms with Crippen LogP contribution in [0.3, 0.4) is 0 Å². The third kappa shape index (κ3) is 4.08. The van der Waals surface area contributed by atoms with Crippen molar-refractivity contribution in [1.29, 1.82) is 0 Å². The van der Waals surface area contributed by atoms with Crippen LogP contribution in [0.15, 0.2) is 38.4 Å². The summed E-state index contributed by atoms with van der Waals surface area (Å²) in [6.45, 7) is 7.59. The number of hydrogen-bond acceptors (Lipinski definition) is 7. The van der Waals surface area contributed by atoms with E-state index in [-0.39, 0.29) is 5.91 Å². The topological polar surface area (TPSA) is 94.1 Å². The highest BCUT2D eigenvalue weighted by Gasteiger charge is 2.20. The SMILES string of the molecule is Cc1cc(NC(=O)[C@@H](C)Sc2nnc(-c3ccc(C)c(C)c3)o2)no1. The van der Waals surface area contributed by atoms with Crippen molar-refractivity contribution in [2.45, 2.75) is 38.2 Å². The summed E-state index contributed by atoms with van der Waals surface area (Å²) in [5, 5.41) is 14.4. The van der Waals surface area contributed by atoms with Gasteiger partial charge in [0.05, 0.1) is 5.25 Å². The fourth-order valence-electron chi connectivity index (χ4n) is 2.11. The Labute approximate surface area is 149 Å². The highest BCUT2D eigenvalue weighted by molar-refractivity contribution is 8.00. The Balaban J connectivity index is 1.65. The lowest BCUT2D eigenvalue weighted by Gasteiger charge is -2.07. The molecule has 0 aliphatic heterocycles. The number of thioether (sulfide) groups is 1. The molecule has 8 heteroatoms. The second kappa shape index (κ2) is 7.10. The average molecular weight is 358 g/mol. The molecule has 3 rings (SSSR count). The summed E-state index contributed by atoms with van der Waals surface area (Å²) in [5.74, 6) is 1.23. The lowest BCUT2D eigenvalue weighted by molar-refractivity contribution is -0.115. The van der Waals surface area contributed by atoms with Crippen LogP contribution in [0.25, 0.3) is 11.5 Å². The van der Waals surface area contributed by atoms with Crippen molar-refractivity contribution in [3.8, 4) is 11.5 Å². The van der Waals surface area contributed by atoms with Gasteiger partial charge in [0.2, 0.25) is 11.8 Å². The summed E-state index contributed by atoms with van der Waals surface area (Å²) in [5.41, 5.74) is 3.21. The number of benzene rings is 1. The molecule has 0 unspecified atom stereocenters. The van der Waals surface area contributed by atoms with E-state index in [1.165, 1.54) is 17.3 Å². The minimum absolute atomic E-state index is 0.218. The van der Waals surface area contributed by atoms with E-state index in [0.717, 1.165) is 11.1 Å². The van der Waals surface area contributed by atoms with Gasteiger partial charge in [0.15, 0.2) is 5.82 Å². The van der Waals surface area contributed by atoms with Crippen LogP contribution in [0.1, 0.15) is 23.8 Å². The van der Waals surface area contributed by atoms with Gasteiger partial charge in [0.25, 0.3) is 5.22 Å². The van der Waals surface area contributed by atoms with Crippen LogP contribution in [0, 0.1) is 20.8 Å². The minimum atomic E-state index is -0.426. The Bertz CT molecular complexity index is 903. The van der Waals surface area contributed by atoms with Crippen molar-refractivity contribution in [3.05, 3.63) is 41.2 Å². The van der Waals surface area contributed by atoms with Crippen LogP contribution < -0.4 is 5.32 Å². The molecule has 2 heterocycles. The first-order valence-electron chi connectivity index (χ1n) is 7.74. The molecule has 130 valence electrons. The molecule has 0 saturated heterocycles. The minimum Gasteiger partial charge on any atom is -0.411 e. The Morgan fingerprint density at radius 3 is 2.64 bits per heavy atom. The molecule has 1 atom stereocenters. The number of rotatable bonds is 5. The first-order valence-corrected chi connectivity index (χ1v) is 8.62. The van der Waals surface area contributed by atoms with E-state index < -0.39 is 5.25 Å². The zero-order valence-electron chi connectivity index (χ0n) is 14.4. The molecule has 0 fully saturated rings. The summed E-state index contributed by atoms with van der Waals surface area (Å²) >= 11 is 1.19. The first kappa shape index (κ1) is 17.2. The standard InChI is InChI=1S/C17H18N4O3S/c1-9-5-6-13(7-10(9)2)16-19-20-17(23-16)25-12(4)15(22)18-14-8-11(3)24-21-14/h5-8,12H,1-4H3,(H,18,21,22)/t12-/m1/s1. The van der Waals surface area contributed by atoms with Crippen LogP contribution >= 0.6 is 11.8 Å². The van der Waals surface area contributed by atoms with Crippen LogP contribution in [0.2, 0.25) is 0 Å². The second-order valence-electron chi connectivity index (χ2n) is 5.74. The maximum atomic E-state index is 12.2. The van der Waals surface area contributed by atoms with Gasteiger partial charge in [-0.3, -0.25) is 4.79 Å². The molecule has 1 amide bonds. The fourth-order valence-corrected chi connectivity index (χ4v) is 2.79. The highest BCUT2D eigenvalue weighted by Crippen LogP contribution is 2.27. The van der Waals surface area contributed by atoms with Crippen molar-refractivity contribution in [2.24, 2.45) is 0 Å². The molecule has 7 nitrogen and oxygen atoms in total. The predicted molar refractivity (Wildman–Crippen MR) is 94.4 cm³/mol. The Hall–Kier alpha value is -2.61. The van der Waals surface area contributed by atoms with Gasteiger partial charge in [-0.05, 0) is 51.0 Å². The molecule has 0 aliphatic carbocycles. The van der Waals surface area contributed by atoms with E-state index in [4.69, 9.17) is 8.94 Å². The van der Waals surface area contributed by atoms with Crippen LogP contribution in [-0.2, 0) is 4.79 Å². The largest absolute Gasteiger partial charge is 0.411 e. The Kier molecular flexibility index (Phi) is 4.89. The number of carbonyl (C=O) groups excluding carboxylic acids is 1. The molecule has 0 aliphatic rings. The maximum absolute atomic E-state index is 12.2. The molecule has 0 spiro atoms. The fraction of sp³-hybridized carbons (Fsp3) is 0.294. The van der Waals surface area contributed by atoms with Crippen molar-refractivity contribution < 1.29 is 13.7 Å². The zero-order valence-corrected chi connectivity index (χ0v) is 15.2. The summed E-state index contributed by atoms with van der Waals surface area (Å²) in [6.07, 6.45) is 0. The molecular formula is C17H18N4O3S. The molecule has 0 radical (unpaired) electrons. The van der Waals surface area contributed by atoms with E-state index in [2.05, 4.69) is 20.7 Å². The van der Waals surface area contributed by atoms with Gasteiger partial charge in [-0.15, -0.1) is 10.2 Å². The molecule has 0 bridgehead atoms. The van der Waals surface area contributed by atoms with Gasteiger partial charge >= 0.3 is 0 Å². The van der Waals surface area contributed by atoms with Gasteiger partial charge in [0, 0.05) is 11.6 Å². The maximum Gasteiger partial charge on any atom is 0.277 e. The quantitative estimate of drug-likeness (QED) is 0.694. The molecule has 1 aromatic carbocycles. The number of nitrogens with zero attached hydrogens (tertiary/aromatic N) is 3. The van der Waals surface area contributed by atoms with Gasteiger partial charge in [0.1, 0.15) is 5.76 Å². The molecular weight excluding hydrogens is 340 g/mol. The number of aromatic nitrogens is 3. The van der Waals surface area contributed by atoms with Gasteiger partial charge in [-0.25, -0.2) is 0 Å². The van der Waals surface area contributed by atoms with E-state index in [1.54, 1.807) is 19.9 Å². The van der Waals surface area contributed by atoms with Gasteiger partial charge in [-0.1, -0.05) is 23.0 Å². The molecule has 25 heavy (non-hydrogen) atoms. The Morgan fingerprint density at radius 1 is 1.16 bits per heavy atom. The number of nitrogens with one attached hydrogen (secondary N) is 1. The molecule has 3 aromatic rings. The van der Waals surface area contributed by atoms with E-state index in [9.17, 15) is 4.79 Å². The van der Waals surface area contributed by atoms with Crippen molar-refractivity contribution in [3.63, 3.8) is 0 Å². The van der Waals surface area contributed by atoms with Crippen molar-refractivity contribution >= 4 is 23.5 Å². The van der Waals surface area contributed by atoms with E-state index in [1.807, 2.05) is 32.0 Å². The second-order valence-corrected chi connectivity index (χ2v) is 7.04. The average Bonchev–Trinajstić information content (AvgIpc) is 3.19. The van der Waals surface area contributed by atoms with Gasteiger partial charge < -0.3 is 14.3 Å². The zero-order chi connectivity index (χ0) is 18.0. The highest BCUT2D eigenvalue weighted by atomic mass is 32.2. The summed E-state index contributed by atoms with van der Waals surface area (Å²) in [6, 6.07) is 7.60. The van der Waals surface area contributed by atoms with E-state index >= 15 is 0 Å². The van der Waals surface area contributed by atoms with E-state index in [0.29, 0.717) is 22.7 Å². The lowest BCUT2D eigenvalue weighted by atomic mass is 10.1. The summed E-state index contributed by atoms with van der Waals surface area (Å²) in [4.78, 5) is 12.2. The third-order valence-corrected chi connectivity index (χ3v) is 4.62. The van der Waals surface area contributed by atoms with Crippen LogP contribution in [-0.4, -0.2) is 26.5 Å². The monoisotopic (exact) mass is 358 g/mol. The van der Waals surface area contributed by atoms with Gasteiger partial charge in [-0.2, -0.15) is 0 Å². The van der Waals surface area contributed by atoms with Crippen molar-refractivity contribution in [2.75, 3.05) is 5.32 Å². The number of aryl methyl sites for hydroxylation is 3. The molecule has 1 N–H and O–H groups in total. The van der Waals surface area contributed by atoms with Crippen molar-refractivity contribution in [1.82, 2.24) is 15.4 Å². The number of carbonyl (C=O) groups is 1. The molecule has 0 saturated carbocycles. The van der Waals surface area contributed by atoms with Crippen LogP contribution in [0.5, 0.6) is 0 Å². The third-order valence-electron chi connectivity index (χ3n) is 3.69. The summed E-state index contributed by atoms with van der Waals surface area (Å²) in [7, 11) is 0. The lowest BCUT2D eigenvalue weighted by Crippen LogP contribution is -2.22. The predicted octanol–water partition coefficient (Wildman–Crippen LogP) is 3.77. The number of hydrogen-bond donors (Lipinski definition) is 1. The summed E-state index contributed by atoms with van der Waals surface area (Å²) < 4.78 is 10.6. The number of amides is 1. The number of anilines is 1. The smallest absolute Gasteiger partial charge is 0.277 e.